The predicted octanol–water partition coefficient (Wildman–Crippen LogP) is 5.81. The highest BCUT2D eigenvalue weighted by molar-refractivity contribution is 7.17. The fourth-order valence-electron chi connectivity index (χ4n) is 4.26. The van der Waals surface area contributed by atoms with E-state index in [0.29, 0.717) is 33.5 Å². The maximum absolute atomic E-state index is 13.5. The lowest BCUT2D eigenvalue weighted by Crippen LogP contribution is -2.27. The molecule has 1 aliphatic carbocycles. The van der Waals surface area contributed by atoms with Crippen molar-refractivity contribution in [3.05, 3.63) is 70.4 Å². The summed E-state index contributed by atoms with van der Waals surface area (Å²) in [7, 11) is 1.57. The number of carbonyl (C=O) groups excluding carboxylic acids is 2. The summed E-state index contributed by atoms with van der Waals surface area (Å²) in [4.78, 5) is 31.6. The Balaban J connectivity index is 1.70. The van der Waals surface area contributed by atoms with Crippen LogP contribution < -0.4 is 15.4 Å². The van der Waals surface area contributed by atoms with E-state index >= 15 is 0 Å². The van der Waals surface area contributed by atoms with Gasteiger partial charge in [-0.3, -0.25) is 14.6 Å². The van der Waals surface area contributed by atoms with Gasteiger partial charge in [0.15, 0.2) is 0 Å². The van der Waals surface area contributed by atoms with E-state index in [1.54, 1.807) is 37.6 Å². The number of pyridine rings is 1. The first-order chi connectivity index (χ1) is 15.8. The molecule has 2 aromatic heterocycles. The van der Waals surface area contributed by atoms with Crippen molar-refractivity contribution in [2.75, 3.05) is 17.7 Å². The Morgan fingerprint density at radius 3 is 2.58 bits per heavy atom. The lowest BCUT2D eigenvalue weighted by molar-refractivity contribution is 0.102. The number of methoxy groups -OCH3 is 1. The van der Waals surface area contributed by atoms with Crippen LogP contribution in [0.1, 0.15) is 58.3 Å². The molecule has 1 aliphatic rings. The highest BCUT2D eigenvalue weighted by Gasteiger charge is 2.34. The standard InChI is InChI=1S/C26H29N3O3S/c1-26(2,3)17-11-12-18-21(14-17)33-25(29-23(30)16-8-7-13-27-15-16)22(18)24(31)28-19-9-5-6-10-20(19)32-4/h5-10,13,15,17H,11-12,14H2,1-4H3,(H,28,31)(H,29,30). The maximum atomic E-state index is 13.5. The van der Waals surface area contributed by atoms with Gasteiger partial charge >= 0.3 is 0 Å². The van der Waals surface area contributed by atoms with Crippen molar-refractivity contribution in [1.29, 1.82) is 0 Å². The smallest absolute Gasteiger partial charge is 0.259 e. The Labute approximate surface area is 198 Å². The van der Waals surface area contributed by atoms with E-state index in [-0.39, 0.29) is 17.2 Å². The molecule has 0 aliphatic heterocycles. The van der Waals surface area contributed by atoms with Crippen molar-refractivity contribution >= 4 is 33.8 Å². The van der Waals surface area contributed by atoms with Gasteiger partial charge in [-0.15, -0.1) is 11.3 Å². The van der Waals surface area contributed by atoms with Crippen molar-refractivity contribution in [1.82, 2.24) is 4.98 Å². The third kappa shape index (κ3) is 4.93. The van der Waals surface area contributed by atoms with Gasteiger partial charge in [-0.25, -0.2) is 0 Å². The summed E-state index contributed by atoms with van der Waals surface area (Å²) in [6.45, 7) is 6.78. The van der Waals surface area contributed by atoms with Gasteiger partial charge in [-0.05, 0) is 60.4 Å². The number of ether oxygens (including phenoxy) is 1. The molecule has 0 saturated carbocycles. The van der Waals surface area contributed by atoms with Crippen LogP contribution in [-0.2, 0) is 12.8 Å². The number of nitrogens with zero attached hydrogens (tertiary/aromatic N) is 1. The number of hydrogen-bond donors (Lipinski definition) is 2. The highest BCUT2D eigenvalue weighted by atomic mass is 32.1. The van der Waals surface area contributed by atoms with Crippen LogP contribution in [0.4, 0.5) is 10.7 Å². The highest BCUT2D eigenvalue weighted by Crippen LogP contribution is 2.44. The summed E-state index contributed by atoms with van der Waals surface area (Å²) in [6.07, 6.45) is 5.87. The number of para-hydroxylation sites is 2. The third-order valence-corrected chi connectivity index (χ3v) is 7.39. The molecule has 2 heterocycles. The fourth-order valence-corrected chi connectivity index (χ4v) is 5.58. The predicted molar refractivity (Wildman–Crippen MR) is 132 cm³/mol. The van der Waals surface area contributed by atoms with E-state index in [1.165, 1.54) is 22.4 Å². The van der Waals surface area contributed by atoms with Crippen LogP contribution in [0.5, 0.6) is 5.75 Å². The molecule has 6 nitrogen and oxygen atoms in total. The average molecular weight is 464 g/mol. The maximum Gasteiger partial charge on any atom is 0.259 e. The number of benzene rings is 1. The van der Waals surface area contributed by atoms with Crippen LogP contribution in [0.3, 0.4) is 0 Å². The summed E-state index contributed by atoms with van der Waals surface area (Å²) in [5, 5.41) is 6.55. The molecule has 4 rings (SSSR count). The average Bonchev–Trinajstić information content (AvgIpc) is 3.16. The van der Waals surface area contributed by atoms with E-state index in [4.69, 9.17) is 4.74 Å². The summed E-state index contributed by atoms with van der Waals surface area (Å²) < 4.78 is 5.39. The summed E-state index contributed by atoms with van der Waals surface area (Å²) >= 11 is 1.51. The first-order valence-electron chi connectivity index (χ1n) is 11.1. The van der Waals surface area contributed by atoms with Gasteiger partial charge in [-0.1, -0.05) is 32.9 Å². The van der Waals surface area contributed by atoms with Crippen molar-refractivity contribution in [3.63, 3.8) is 0 Å². The van der Waals surface area contributed by atoms with Gasteiger partial charge in [-0.2, -0.15) is 0 Å². The van der Waals surface area contributed by atoms with Crippen LogP contribution in [-0.4, -0.2) is 23.9 Å². The Morgan fingerprint density at radius 2 is 1.88 bits per heavy atom. The summed E-state index contributed by atoms with van der Waals surface area (Å²) in [5.74, 6) is 0.590. The van der Waals surface area contributed by atoms with Crippen LogP contribution >= 0.6 is 11.3 Å². The van der Waals surface area contributed by atoms with Crippen molar-refractivity contribution in [3.8, 4) is 5.75 Å². The number of thiophene rings is 1. The minimum Gasteiger partial charge on any atom is -0.495 e. The molecular weight excluding hydrogens is 434 g/mol. The molecule has 3 aromatic rings. The van der Waals surface area contributed by atoms with Gasteiger partial charge in [0.1, 0.15) is 10.8 Å². The van der Waals surface area contributed by atoms with Crippen LogP contribution in [0, 0.1) is 11.3 Å². The van der Waals surface area contributed by atoms with E-state index in [2.05, 4.69) is 36.4 Å². The number of nitrogens with one attached hydrogen (secondary N) is 2. The normalized spacial score (nSPS) is 15.5. The number of aromatic nitrogens is 1. The Morgan fingerprint density at radius 1 is 1.09 bits per heavy atom. The molecule has 0 fully saturated rings. The molecule has 1 atom stereocenters. The number of anilines is 2. The molecule has 0 radical (unpaired) electrons. The number of carbonyl (C=O) groups is 2. The lowest BCUT2D eigenvalue weighted by Gasteiger charge is -2.33. The van der Waals surface area contributed by atoms with Crippen molar-refractivity contribution < 1.29 is 14.3 Å². The molecular formula is C26H29N3O3S. The molecule has 1 aromatic carbocycles. The first kappa shape index (κ1) is 23.0. The minimum atomic E-state index is -0.277. The second-order valence-electron chi connectivity index (χ2n) is 9.36. The van der Waals surface area contributed by atoms with E-state index in [1.807, 2.05) is 12.1 Å². The first-order valence-corrected chi connectivity index (χ1v) is 11.9. The van der Waals surface area contributed by atoms with E-state index in [0.717, 1.165) is 24.8 Å². The van der Waals surface area contributed by atoms with E-state index in [9.17, 15) is 9.59 Å². The molecule has 0 spiro atoms. The zero-order valence-corrected chi connectivity index (χ0v) is 20.2. The van der Waals surface area contributed by atoms with Crippen molar-refractivity contribution in [2.24, 2.45) is 11.3 Å². The SMILES string of the molecule is COc1ccccc1NC(=O)c1c(NC(=O)c2cccnc2)sc2c1CCC(C(C)(C)C)C2. The summed E-state index contributed by atoms with van der Waals surface area (Å²) in [6, 6.07) is 10.7. The fraction of sp³-hybridized carbons (Fsp3) is 0.346. The Hall–Kier alpha value is -3.19. The second-order valence-corrected chi connectivity index (χ2v) is 10.5. The molecule has 2 N–H and O–H groups in total. The zero-order chi connectivity index (χ0) is 23.6. The topological polar surface area (TPSA) is 80.3 Å². The van der Waals surface area contributed by atoms with Gasteiger partial charge < -0.3 is 15.4 Å². The lowest BCUT2D eigenvalue weighted by atomic mass is 9.72. The molecule has 33 heavy (non-hydrogen) atoms. The minimum absolute atomic E-state index is 0.181. The Bertz CT molecular complexity index is 1170. The largest absolute Gasteiger partial charge is 0.495 e. The summed E-state index contributed by atoms with van der Waals surface area (Å²) in [5.41, 5.74) is 2.81. The quantitative estimate of drug-likeness (QED) is 0.501. The molecule has 7 heteroatoms. The molecule has 2 amide bonds. The van der Waals surface area contributed by atoms with Gasteiger partial charge in [0.25, 0.3) is 11.8 Å². The van der Waals surface area contributed by atoms with Crippen LogP contribution in [0.2, 0.25) is 0 Å². The van der Waals surface area contributed by atoms with Crippen molar-refractivity contribution in [2.45, 2.75) is 40.0 Å². The van der Waals surface area contributed by atoms with Crippen LogP contribution in [0.25, 0.3) is 0 Å². The molecule has 1 unspecified atom stereocenters. The number of fused-ring (bicyclic) bond motifs is 1. The Kier molecular flexibility index (Phi) is 6.51. The zero-order valence-electron chi connectivity index (χ0n) is 19.4. The van der Waals surface area contributed by atoms with Gasteiger partial charge in [0, 0.05) is 17.3 Å². The number of hydrogen-bond acceptors (Lipinski definition) is 5. The molecule has 172 valence electrons. The van der Waals surface area contributed by atoms with E-state index < -0.39 is 0 Å². The van der Waals surface area contributed by atoms with Gasteiger partial charge in [0.2, 0.25) is 0 Å². The van der Waals surface area contributed by atoms with Gasteiger partial charge in [0.05, 0.1) is 23.9 Å². The molecule has 0 bridgehead atoms. The number of amides is 2. The monoisotopic (exact) mass is 463 g/mol. The van der Waals surface area contributed by atoms with Crippen LogP contribution in [0.15, 0.2) is 48.8 Å². The third-order valence-electron chi connectivity index (χ3n) is 6.22. The molecule has 0 saturated heterocycles. The second kappa shape index (κ2) is 9.35. The number of rotatable bonds is 5.